The molecule has 1 unspecified atom stereocenters. The van der Waals surface area contributed by atoms with E-state index in [0.29, 0.717) is 18.0 Å². The molecule has 0 bridgehead atoms. The number of primary amides is 1. The smallest absolute Gasteiger partial charge is 0.246 e. The number of ether oxygens (including phenoxy) is 1. The average molecular weight is 345 g/mol. The van der Waals surface area contributed by atoms with E-state index < -0.39 is 5.91 Å². The fourth-order valence-corrected chi connectivity index (χ4v) is 2.17. The Morgan fingerprint density at radius 3 is 2.40 bits per heavy atom. The summed E-state index contributed by atoms with van der Waals surface area (Å²) in [5.41, 5.74) is 6.74. The molecule has 0 radical (unpaired) electrons. The molecule has 1 aromatic carbocycles. The number of nitrogens with two attached hydrogens (primary N) is 1. The van der Waals surface area contributed by atoms with Crippen molar-refractivity contribution in [2.75, 3.05) is 7.11 Å². The summed E-state index contributed by atoms with van der Waals surface area (Å²) in [4.78, 5) is 13.0. The van der Waals surface area contributed by atoms with Crippen molar-refractivity contribution < 1.29 is 9.53 Å². The van der Waals surface area contributed by atoms with Crippen LogP contribution in [0.3, 0.4) is 0 Å². The van der Waals surface area contributed by atoms with Crippen LogP contribution in [-0.4, -0.2) is 23.8 Å². The van der Waals surface area contributed by atoms with Crippen molar-refractivity contribution in [2.24, 2.45) is 11.7 Å². The fourth-order valence-electron chi connectivity index (χ4n) is 2.17. The summed E-state index contributed by atoms with van der Waals surface area (Å²) >= 11 is 0. The number of nitrogens with zero attached hydrogens (tertiary/aromatic N) is 1. The number of amidine groups is 1. The lowest BCUT2D eigenvalue weighted by atomic mass is 10.0. The van der Waals surface area contributed by atoms with Gasteiger partial charge >= 0.3 is 0 Å². The zero-order chi connectivity index (χ0) is 19.4. The minimum atomic E-state index is -0.472. The van der Waals surface area contributed by atoms with Gasteiger partial charge in [0.1, 0.15) is 11.6 Å². The first-order chi connectivity index (χ1) is 12.0. The number of allylic oxidation sites excluding steroid dienone is 1. The number of hydrogen-bond acceptors (Lipinski definition) is 3. The lowest BCUT2D eigenvalue weighted by Gasteiger charge is -2.19. The molecule has 0 aliphatic carbocycles. The molecule has 1 aliphatic heterocycles. The van der Waals surface area contributed by atoms with Crippen molar-refractivity contribution in [3.63, 3.8) is 0 Å². The number of amides is 1. The molecule has 1 heterocycles. The van der Waals surface area contributed by atoms with Gasteiger partial charge in [-0.3, -0.25) is 10.2 Å². The number of rotatable bonds is 5. The molecule has 0 saturated carbocycles. The Hall–Kier alpha value is -2.56. The molecule has 1 aromatic rings. The van der Waals surface area contributed by atoms with Crippen LogP contribution in [0.4, 0.5) is 0 Å². The molecule has 25 heavy (non-hydrogen) atoms. The van der Waals surface area contributed by atoms with Crippen LogP contribution in [0.2, 0.25) is 0 Å². The Labute approximate surface area is 151 Å². The molecule has 138 valence electrons. The molecule has 2 rings (SSSR count). The molecule has 5 nitrogen and oxygen atoms in total. The van der Waals surface area contributed by atoms with Gasteiger partial charge in [0.05, 0.1) is 13.7 Å². The summed E-state index contributed by atoms with van der Waals surface area (Å²) in [6, 6.07) is 7.62. The maximum absolute atomic E-state index is 11.3. The van der Waals surface area contributed by atoms with E-state index in [1.165, 1.54) is 0 Å². The third kappa shape index (κ3) is 6.45. The van der Waals surface area contributed by atoms with Crippen molar-refractivity contribution in [1.29, 1.82) is 5.41 Å². The summed E-state index contributed by atoms with van der Waals surface area (Å²) in [7, 11) is 1.61. The van der Waals surface area contributed by atoms with E-state index in [4.69, 9.17) is 15.9 Å². The molecular formula is C20H31N3O2. The van der Waals surface area contributed by atoms with Crippen LogP contribution in [0.5, 0.6) is 5.75 Å². The highest BCUT2D eigenvalue weighted by atomic mass is 16.5. The molecule has 3 N–H and O–H groups in total. The van der Waals surface area contributed by atoms with Crippen molar-refractivity contribution in [2.45, 2.75) is 40.7 Å². The maximum Gasteiger partial charge on any atom is 0.246 e. The van der Waals surface area contributed by atoms with Gasteiger partial charge in [0, 0.05) is 23.3 Å². The Kier molecular flexibility index (Phi) is 10.7. The zero-order valence-electron chi connectivity index (χ0n) is 16.0. The first-order valence-electron chi connectivity index (χ1n) is 8.55. The molecule has 1 amide bonds. The van der Waals surface area contributed by atoms with Gasteiger partial charge in [-0.15, -0.1) is 6.58 Å². The van der Waals surface area contributed by atoms with Gasteiger partial charge in [0.25, 0.3) is 0 Å². The Morgan fingerprint density at radius 1 is 1.40 bits per heavy atom. The van der Waals surface area contributed by atoms with Gasteiger partial charge in [-0.1, -0.05) is 52.0 Å². The molecule has 0 fully saturated rings. The highest BCUT2D eigenvalue weighted by molar-refractivity contribution is 6.03. The molecule has 0 spiro atoms. The normalized spacial score (nSPS) is 15.2. The van der Waals surface area contributed by atoms with E-state index >= 15 is 0 Å². The number of hydrogen-bond donors (Lipinski definition) is 2. The van der Waals surface area contributed by atoms with Crippen LogP contribution in [0.25, 0.3) is 0 Å². The van der Waals surface area contributed by atoms with Crippen LogP contribution in [-0.2, 0) is 11.3 Å². The summed E-state index contributed by atoms with van der Waals surface area (Å²) < 4.78 is 5.28. The van der Waals surface area contributed by atoms with Gasteiger partial charge in [-0.2, -0.15) is 0 Å². The molecule has 1 atom stereocenters. The van der Waals surface area contributed by atoms with Gasteiger partial charge < -0.3 is 15.4 Å². The predicted octanol–water partition coefficient (Wildman–Crippen LogP) is 4.10. The number of nitrogens with one attached hydrogen (secondary N) is 1. The molecule has 0 saturated heterocycles. The summed E-state index contributed by atoms with van der Waals surface area (Å²) in [5, 5.41) is 8.04. The first kappa shape index (κ1) is 22.4. The van der Waals surface area contributed by atoms with Gasteiger partial charge in [-0.05, 0) is 12.5 Å². The Morgan fingerprint density at radius 2 is 1.96 bits per heavy atom. The Bertz CT molecular complexity index is 609. The van der Waals surface area contributed by atoms with Gasteiger partial charge in [0.2, 0.25) is 5.91 Å². The molecule has 1 aliphatic rings. The van der Waals surface area contributed by atoms with E-state index in [2.05, 4.69) is 13.5 Å². The van der Waals surface area contributed by atoms with Crippen LogP contribution in [0, 0.1) is 11.3 Å². The van der Waals surface area contributed by atoms with Gasteiger partial charge in [-0.25, -0.2) is 0 Å². The topological polar surface area (TPSA) is 79.4 Å². The standard InChI is InChI=1S/C14H17N3O2.C4H8.C2H6/c1-9-11(14(16)18)8-17(13(9)15)7-10-5-3-4-6-12(10)19-2;1-3-4-2;1-2/h3-6,8-9,15H,7H2,1-2H3,(H2,16,18);3H,1,4H2,2H3;1-2H3. The summed E-state index contributed by atoms with van der Waals surface area (Å²) in [6.07, 6.45) is 4.61. The lowest BCUT2D eigenvalue weighted by molar-refractivity contribution is -0.114. The highest BCUT2D eigenvalue weighted by Gasteiger charge is 2.30. The number of methoxy groups -OCH3 is 1. The maximum atomic E-state index is 11.3. The Balaban J connectivity index is 0.000000845. The van der Waals surface area contributed by atoms with E-state index in [-0.39, 0.29) is 5.92 Å². The van der Waals surface area contributed by atoms with E-state index in [0.717, 1.165) is 17.7 Å². The summed E-state index contributed by atoms with van der Waals surface area (Å²) in [6.45, 7) is 11.8. The van der Waals surface area contributed by atoms with Crippen molar-refractivity contribution in [3.8, 4) is 5.75 Å². The second-order valence-corrected chi connectivity index (χ2v) is 5.19. The van der Waals surface area contributed by atoms with Crippen LogP contribution >= 0.6 is 0 Å². The predicted molar refractivity (Wildman–Crippen MR) is 105 cm³/mol. The number of carbonyl (C=O) groups excluding carboxylic acids is 1. The van der Waals surface area contributed by atoms with Crippen LogP contribution < -0.4 is 10.5 Å². The highest BCUT2D eigenvalue weighted by Crippen LogP contribution is 2.27. The average Bonchev–Trinajstić information content (AvgIpc) is 2.92. The van der Waals surface area contributed by atoms with E-state index in [9.17, 15) is 4.79 Å². The monoisotopic (exact) mass is 345 g/mol. The number of carbonyl (C=O) groups is 1. The van der Waals surface area contributed by atoms with E-state index in [1.54, 1.807) is 25.1 Å². The molecule has 5 heteroatoms. The van der Waals surface area contributed by atoms with Crippen molar-refractivity contribution >= 4 is 11.7 Å². The van der Waals surface area contributed by atoms with E-state index in [1.807, 2.05) is 44.2 Å². The second kappa shape index (κ2) is 11.9. The first-order valence-corrected chi connectivity index (χ1v) is 8.55. The molecule has 0 aromatic heterocycles. The van der Waals surface area contributed by atoms with Crippen molar-refractivity contribution in [1.82, 2.24) is 4.90 Å². The van der Waals surface area contributed by atoms with Gasteiger partial charge in [0.15, 0.2) is 0 Å². The van der Waals surface area contributed by atoms with Crippen LogP contribution in [0.1, 0.15) is 39.7 Å². The summed E-state index contributed by atoms with van der Waals surface area (Å²) in [5.74, 6) is 0.413. The minimum Gasteiger partial charge on any atom is -0.496 e. The third-order valence-electron chi connectivity index (χ3n) is 3.59. The minimum absolute atomic E-state index is 0.257. The number of benzene rings is 1. The molecular weight excluding hydrogens is 314 g/mol. The number of para-hydroxylation sites is 1. The quantitative estimate of drug-likeness (QED) is 0.788. The van der Waals surface area contributed by atoms with Crippen LogP contribution in [0.15, 0.2) is 48.7 Å². The lowest BCUT2D eigenvalue weighted by Crippen LogP contribution is -2.25. The largest absolute Gasteiger partial charge is 0.496 e. The second-order valence-electron chi connectivity index (χ2n) is 5.19. The fraction of sp³-hybridized carbons (Fsp3) is 0.400. The van der Waals surface area contributed by atoms with Crippen molar-refractivity contribution in [3.05, 3.63) is 54.3 Å². The SMILES string of the molecule is C=CCC.CC.COc1ccccc1CN1C=C(C(N)=O)C(C)C1=N. The zero-order valence-corrected chi connectivity index (χ0v) is 16.0. The third-order valence-corrected chi connectivity index (χ3v) is 3.59.